The van der Waals surface area contributed by atoms with E-state index in [0.29, 0.717) is 12.5 Å². The Kier molecular flexibility index (Phi) is 5.84. The van der Waals surface area contributed by atoms with Crippen molar-refractivity contribution >= 4 is 0 Å². The fourth-order valence-electron chi connectivity index (χ4n) is 3.94. The summed E-state index contributed by atoms with van der Waals surface area (Å²) in [6, 6.07) is 9.94. The molecule has 0 unspecified atom stereocenters. The molecular weight excluding hydrogens is 362 g/mol. The zero-order chi connectivity index (χ0) is 20.2. The number of aryl methyl sites for hydroxylation is 1. The Morgan fingerprint density at radius 3 is 2.59 bits per heavy atom. The van der Waals surface area contributed by atoms with Crippen LogP contribution in [0, 0.1) is 12.8 Å². The van der Waals surface area contributed by atoms with E-state index in [-0.39, 0.29) is 0 Å². The number of aromatic amines is 1. The number of nitrogens with zero attached hydrogens (tertiary/aromatic N) is 2. The first-order chi connectivity index (χ1) is 14.1. The lowest BCUT2D eigenvalue weighted by molar-refractivity contribution is 0.299. The van der Waals surface area contributed by atoms with Crippen molar-refractivity contribution in [3.63, 3.8) is 0 Å². The van der Waals surface area contributed by atoms with E-state index in [0.717, 1.165) is 45.8 Å². The number of imidazole rings is 1. The van der Waals surface area contributed by atoms with Crippen LogP contribution in [0.1, 0.15) is 55.6 Å². The van der Waals surface area contributed by atoms with Crippen molar-refractivity contribution in [1.82, 2.24) is 15.0 Å². The van der Waals surface area contributed by atoms with E-state index < -0.39 is 0 Å². The highest BCUT2D eigenvalue weighted by Crippen LogP contribution is 2.37. The van der Waals surface area contributed by atoms with Crippen molar-refractivity contribution in [2.24, 2.45) is 5.92 Å². The number of pyridine rings is 1. The molecule has 0 atom stereocenters. The molecule has 1 aromatic carbocycles. The van der Waals surface area contributed by atoms with Crippen LogP contribution >= 0.6 is 0 Å². The van der Waals surface area contributed by atoms with Crippen LogP contribution in [-0.4, -0.2) is 22.1 Å². The minimum atomic E-state index is 0.428. The number of nitrogens with one attached hydrogen (secondary N) is 1. The fraction of sp³-hybridized carbons (Fsp3) is 0.417. The Labute approximate surface area is 172 Å². The first-order valence-corrected chi connectivity index (χ1v) is 10.4. The van der Waals surface area contributed by atoms with Gasteiger partial charge in [0.15, 0.2) is 0 Å². The molecule has 1 saturated carbocycles. The smallest absolute Gasteiger partial charge is 0.131 e. The Morgan fingerprint density at radius 1 is 1.03 bits per heavy atom. The lowest BCUT2D eigenvalue weighted by atomic mass is 9.83. The molecule has 2 heterocycles. The summed E-state index contributed by atoms with van der Waals surface area (Å²) in [6.07, 6.45) is 8.76. The first kappa shape index (κ1) is 19.5. The molecule has 29 heavy (non-hydrogen) atoms. The van der Waals surface area contributed by atoms with Crippen LogP contribution in [0.4, 0.5) is 0 Å². The molecule has 0 radical (unpaired) electrons. The summed E-state index contributed by atoms with van der Waals surface area (Å²) < 4.78 is 11.5. The molecule has 0 spiro atoms. The van der Waals surface area contributed by atoms with E-state index in [9.17, 15) is 0 Å². The highest BCUT2D eigenvalue weighted by Gasteiger charge is 2.22. The van der Waals surface area contributed by atoms with Gasteiger partial charge in [0.1, 0.15) is 23.9 Å². The van der Waals surface area contributed by atoms with Crippen LogP contribution < -0.4 is 9.47 Å². The van der Waals surface area contributed by atoms with Gasteiger partial charge in [-0.3, -0.25) is 4.98 Å². The molecule has 1 aliphatic carbocycles. The number of rotatable bonds is 6. The van der Waals surface area contributed by atoms with Crippen molar-refractivity contribution < 1.29 is 9.47 Å². The fourth-order valence-corrected chi connectivity index (χ4v) is 3.94. The molecule has 3 aromatic rings. The van der Waals surface area contributed by atoms with Crippen LogP contribution in [0.15, 0.2) is 42.7 Å². The zero-order valence-electron chi connectivity index (χ0n) is 17.4. The Balaban J connectivity index is 1.47. The van der Waals surface area contributed by atoms with Crippen molar-refractivity contribution in [2.75, 3.05) is 7.11 Å². The van der Waals surface area contributed by atoms with Crippen molar-refractivity contribution in [3.05, 3.63) is 59.8 Å². The van der Waals surface area contributed by atoms with Gasteiger partial charge in [0.2, 0.25) is 0 Å². The molecule has 0 aliphatic heterocycles. The topological polar surface area (TPSA) is 60.0 Å². The van der Waals surface area contributed by atoms with Gasteiger partial charge >= 0.3 is 0 Å². The van der Waals surface area contributed by atoms with E-state index in [2.05, 4.69) is 21.9 Å². The van der Waals surface area contributed by atoms with E-state index in [1.54, 1.807) is 7.11 Å². The number of hydrogen-bond donors (Lipinski definition) is 1. The van der Waals surface area contributed by atoms with E-state index in [4.69, 9.17) is 9.47 Å². The summed E-state index contributed by atoms with van der Waals surface area (Å²) in [5.41, 5.74) is 4.03. The molecule has 1 N–H and O–H groups in total. The molecular formula is C24H29N3O2. The van der Waals surface area contributed by atoms with Gasteiger partial charge in [-0.2, -0.15) is 0 Å². The third kappa shape index (κ3) is 4.61. The summed E-state index contributed by atoms with van der Waals surface area (Å²) in [5.74, 6) is 4.00. The summed E-state index contributed by atoms with van der Waals surface area (Å²) >= 11 is 0. The third-order valence-electron chi connectivity index (χ3n) is 5.82. The number of benzene rings is 1. The average Bonchev–Trinajstić information content (AvgIpc) is 3.23. The Bertz CT molecular complexity index is 941. The maximum atomic E-state index is 5.91. The Hall–Kier alpha value is -2.82. The van der Waals surface area contributed by atoms with Gasteiger partial charge in [-0.1, -0.05) is 25.8 Å². The quantitative estimate of drug-likeness (QED) is 0.589. The summed E-state index contributed by atoms with van der Waals surface area (Å²) in [5, 5.41) is 0. The monoisotopic (exact) mass is 391 g/mol. The van der Waals surface area contributed by atoms with Crippen LogP contribution in [0.5, 0.6) is 11.5 Å². The van der Waals surface area contributed by atoms with Gasteiger partial charge < -0.3 is 14.5 Å². The van der Waals surface area contributed by atoms with Crippen LogP contribution in [0.3, 0.4) is 0 Å². The second-order valence-electron chi connectivity index (χ2n) is 8.12. The van der Waals surface area contributed by atoms with Crippen molar-refractivity contribution in [3.8, 4) is 22.8 Å². The molecule has 0 amide bonds. The van der Waals surface area contributed by atoms with Crippen LogP contribution in [0.25, 0.3) is 11.3 Å². The summed E-state index contributed by atoms with van der Waals surface area (Å²) in [4.78, 5) is 12.6. The van der Waals surface area contributed by atoms with Crippen molar-refractivity contribution in [1.29, 1.82) is 0 Å². The minimum Gasteiger partial charge on any atom is -0.496 e. The summed E-state index contributed by atoms with van der Waals surface area (Å²) in [7, 11) is 1.68. The lowest BCUT2D eigenvalue weighted by Crippen LogP contribution is -2.11. The van der Waals surface area contributed by atoms with Gasteiger partial charge in [-0.15, -0.1) is 0 Å². The minimum absolute atomic E-state index is 0.428. The SMILES string of the molecule is COc1cc(OCc2ccc(C)cn2)ccc1-c1cnc(C2CCC(C)CC2)[nH]1. The van der Waals surface area contributed by atoms with Crippen LogP contribution in [0.2, 0.25) is 0 Å². The maximum absolute atomic E-state index is 5.91. The molecule has 0 bridgehead atoms. The van der Waals surface area contributed by atoms with Gasteiger partial charge in [0.05, 0.1) is 24.7 Å². The molecule has 5 nitrogen and oxygen atoms in total. The van der Waals surface area contributed by atoms with Gasteiger partial charge in [-0.05, 0) is 49.4 Å². The predicted molar refractivity (Wildman–Crippen MR) is 114 cm³/mol. The number of H-pyrrole nitrogens is 1. The average molecular weight is 392 g/mol. The Morgan fingerprint density at radius 2 is 1.86 bits per heavy atom. The number of aromatic nitrogens is 3. The predicted octanol–water partition coefficient (Wildman–Crippen LogP) is 5.66. The maximum Gasteiger partial charge on any atom is 0.131 e. The second-order valence-corrected chi connectivity index (χ2v) is 8.12. The summed E-state index contributed by atoms with van der Waals surface area (Å²) in [6.45, 7) is 4.79. The molecule has 2 aromatic heterocycles. The highest BCUT2D eigenvalue weighted by atomic mass is 16.5. The van der Waals surface area contributed by atoms with Crippen molar-refractivity contribution in [2.45, 2.75) is 52.1 Å². The van der Waals surface area contributed by atoms with E-state index in [1.807, 2.05) is 49.6 Å². The molecule has 4 rings (SSSR count). The highest BCUT2D eigenvalue weighted by molar-refractivity contribution is 5.68. The normalized spacial score (nSPS) is 19.1. The lowest BCUT2D eigenvalue weighted by Gasteiger charge is -2.24. The largest absolute Gasteiger partial charge is 0.496 e. The van der Waals surface area contributed by atoms with Gasteiger partial charge in [0, 0.05) is 23.7 Å². The van der Waals surface area contributed by atoms with Gasteiger partial charge in [-0.25, -0.2) is 4.98 Å². The molecule has 5 heteroatoms. The zero-order valence-corrected chi connectivity index (χ0v) is 17.4. The standard InChI is InChI=1S/C24H29N3O2/c1-16-4-7-18(8-5-16)24-26-14-22(27-24)21-11-10-20(12-23(21)28-3)29-15-19-9-6-17(2)13-25-19/h6,9-14,16,18H,4-5,7-8,15H2,1-3H3,(H,26,27). The molecule has 152 valence electrons. The first-order valence-electron chi connectivity index (χ1n) is 10.4. The molecule has 0 saturated heterocycles. The molecule has 1 aliphatic rings. The number of methoxy groups -OCH3 is 1. The second kappa shape index (κ2) is 8.68. The number of hydrogen-bond acceptors (Lipinski definition) is 4. The van der Waals surface area contributed by atoms with Crippen LogP contribution in [-0.2, 0) is 6.61 Å². The molecule has 1 fully saturated rings. The van der Waals surface area contributed by atoms with Gasteiger partial charge in [0.25, 0.3) is 0 Å². The van der Waals surface area contributed by atoms with E-state index in [1.165, 1.54) is 25.7 Å². The van der Waals surface area contributed by atoms with E-state index >= 15 is 0 Å². The number of ether oxygens (including phenoxy) is 2. The third-order valence-corrected chi connectivity index (χ3v) is 5.82.